The largest absolute Gasteiger partial charge is 0.470 e. The number of halogens is 3. The zero-order chi connectivity index (χ0) is 21.6. The van der Waals surface area contributed by atoms with Crippen LogP contribution in [0.15, 0.2) is 35.9 Å². The average molecular weight is 413 g/mol. The Morgan fingerprint density at radius 1 is 1.34 bits per heavy atom. The Kier molecular flexibility index (Phi) is 7.35. The number of hydrogen-bond acceptors (Lipinski definition) is 6. The van der Waals surface area contributed by atoms with Crippen LogP contribution >= 0.6 is 0 Å². The molecule has 6 N–H and O–H groups in total. The third-order valence-corrected chi connectivity index (χ3v) is 4.18. The summed E-state index contributed by atoms with van der Waals surface area (Å²) < 4.78 is 40.5. The lowest BCUT2D eigenvalue weighted by Gasteiger charge is -2.16. The molecule has 0 bridgehead atoms. The van der Waals surface area contributed by atoms with Crippen molar-refractivity contribution in [3.8, 4) is 0 Å². The third kappa shape index (κ3) is 8.32. The molecular formula is C19H26F3N5O2. The van der Waals surface area contributed by atoms with E-state index in [0.29, 0.717) is 5.92 Å². The van der Waals surface area contributed by atoms with Gasteiger partial charge in [-0.05, 0) is 62.5 Å². The van der Waals surface area contributed by atoms with E-state index in [9.17, 15) is 18.0 Å². The van der Waals surface area contributed by atoms with E-state index in [2.05, 4.69) is 20.4 Å². The number of anilines is 1. The van der Waals surface area contributed by atoms with Crippen LogP contribution in [0.2, 0.25) is 0 Å². The molecule has 1 saturated carbocycles. The van der Waals surface area contributed by atoms with Crippen molar-refractivity contribution >= 4 is 11.7 Å². The van der Waals surface area contributed by atoms with Crippen LogP contribution in [0.25, 0.3) is 0 Å². The van der Waals surface area contributed by atoms with E-state index in [0.717, 1.165) is 35.8 Å². The molecule has 1 fully saturated rings. The van der Waals surface area contributed by atoms with Gasteiger partial charge in [-0.2, -0.15) is 13.2 Å². The maximum Gasteiger partial charge on any atom is 0.422 e. The summed E-state index contributed by atoms with van der Waals surface area (Å²) in [6, 6.07) is 3.36. The van der Waals surface area contributed by atoms with Crippen molar-refractivity contribution in [3.05, 3.63) is 47.1 Å². The van der Waals surface area contributed by atoms with Gasteiger partial charge in [0.15, 0.2) is 12.5 Å². The highest BCUT2D eigenvalue weighted by atomic mass is 19.4. The number of nitrogens with zero attached hydrogens (tertiary/aromatic N) is 1. The van der Waals surface area contributed by atoms with Crippen LogP contribution in [-0.4, -0.2) is 30.2 Å². The number of amides is 1. The van der Waals surface area contributed by atoms with Crippen molar-refractivity contribution in [1.82, 2.24) is 10.3 Å². The van der Waals surface area contributed by atoms with Crippen molar-refractivity contribution in [2.24, 2.45) is 17.4 Å². The van der Waals surface area contributed by atoms with Crippen molar-refractivity contribution in [1.29, 1.82) is 0 Å². The number of carbonyl (C=O) groups excluding carboxylic acids is 1. The number of pyridine rings is 1. The molecule has 10 heteroatoms. The van der Waals surface area contributed by atoms with Gasteiger partial charge in [0, 0.05) is 12.2 Å². The van der Waals surface area contributed by atoms with E-state index in [1.54, 1.807) is 6.92 Å². The fourth-order valence-electron chi connectivity index (χ4n) is 2.43. The molecule has 1 aliphatic rings. The normalized spacial score (nSPS) is 16.3. The summed E-state index contributed by atoms with van der Waals surface area (Å²) in [7, 11) is 0. The number of nitrogens with one attached hydrogen (secondary N) is 2. The zero-order valence-corrected chi connectivity index (χ0v) is 16.3. The Labute approximate surface area is 167 Å². The number of carbonyl (C=O) groups is 1. The number of hydrogen-bond donors (Lipinski definition) is 4. The highest BCUT2D eigenvalue weighted by molar-refractivity contribution is 5.93. The fraction of sp³-hybridized carbons (Fsp3) is 0.474. The van der Waals surface area contributed by atoms with E-state index in [-0.39, 0.29) is 11.7 Å². The topological polar surface area (TPSA) is 115 Å². The Balaban J connectivity index is 1.94. The molecule has 0 saturated heterocycles. The molecular weight excluding hydrogens is 387 g/mol. The van der Waals surface area contributed by atoms with Crippen LogP contribution in [0.1, 0.15) is 37.1 Å². The minimum Gasteiger partial charge on any atom is -0.470 e. The first-order valence-electron chi connectivity index (χ1n) is 9.19. The van der Waals surface area contributed by atoms with Crippen molar-refractivity contribution in [3.63, 3.8) is 0 Å². The Morgan fingerprint density at radius 3 is 2.66 bits per heavy atom. The van der Waals surface area contributed by atoms with E-state index in [1.165, 1.54) is 12.8 Å². The lowest BCUT2D eigenvalue weighted by Crippen LogP contribution is -2.31. The highest BCUT2D eigenvalue weighted by Crippen LogP contribution is 2.29. The minimum absolute atomic E-state index is 0.215. The third-order valence-electron chi connectivity index (χ3n) is 4.18. The number of rotatable bonds is 9. The van der Waals surface area contributed by atoms with Gasteiger partial charge in [-0.25, -0.2) is 4.98 Å². The summed E-state index contributed by atoms with van der Waals surface area (Å²) >= 11 is 0. The lowest BCUT2D eigenvalue weighted by molar-refractivity contribution is -0.165. The predicted molar refractivity (Wildman–Crippen MR) is 103 cm³/mol. The monoisotopic (exact) mass is 413 g/mol. The summed E-state index contributed by atoms with van der Waals surface area (Å²) in [5.41, 5.74) is 12.4. The second-order valence-corrected chi connectivity index (χ2v) is 7.04. The van der Waals surface area contributed by atoms with Gasteiger partial charge < -0.3 is 26.8 Å². The quantitative estimate of drug-likeness (QED) is 0.281. The molecule has 2 rings (SSSR count). The first-order valence-corrected chi connectivity index (χ1v) is 9.19. The van der Waals surface area contributed by atoms with Gasteiger partial charge in [-0.15, -0.1) is 0 Å². The van der Waals surface area contributed by atoms with Crippen LogP contribution in [0.4, 0.5) is 19.0 Å². The van der Waals surface area contributed by atoms with Gasteiger partial charge >= 0.3 is 6.18 Å². The van der Waals surface area contributed by atoms with Gasteiger partial charge in [0.1, 0.15) is 5.82 Å². The molecule has 1 amide bonds. The first kappa shape index (κ1) is 22.4. The second kappa shape index (κ2) is 9.53. The van der Waals surface area contributed by atoms with Gasteiger partial charge in [-0.3, -0.25) is 4.79 Å². The molecule has 0 aliphatic heterocycles. The van der Waals surface area contributed by atoms with Crippen LogP contribution in [0, 0.1) is 12.8 Å². The summed E-state index contributed by atoms with van der Waals surface area (Å²) in [6.07, 6.45) is 0.0411. The van der Waals surface area contributed by atoms with Gasteiger partial charge in [0.05, 0.1) is 11.7 Å². The number of aryl methyl sites for hydroxylation is 1. The standard InChI is InChI=1S/C19H26F3N5O2/c1-11-7-14(8-17(26-11)25-9-13-3-4-13)12(2)27-18(28)15(23)5-6-16(24)29-10-19(20,21)22/h5-8,12-13H,3-4,9-10,23-24H2,1-2H3,(H,25,26)(H,27,28)/b15-5-,16-6+. The van der Waals surface area contributed by atoms with Gasteiger partial charge in [-0.1, -0.05) is 0 Å². The van der Waals surface area contributed by atoms with Crippen LogP contribution < -0.4 is 22.1 Å². The number of aromatic nitrogens is 1. The van der Waals surface area contributed by atoms with Crippen molar-refractivity contribution < 1.29 is 22.7 Å². The maximum atomic E-state index is 12.2. The van der Waals surface area contributed by atoms with Crippen LogP contribution in [0.3, 0.4) is 0 Å². The zero-order valence-electron chi connectivity index (χ0n) is 16.3. The molecule has 1 aromatic heterocycles. The highest BCUT2D eigenvalue weighted by Gasteiger charge is 2.28. The smallest absolute Gasteiger partial charge is 0.422 e. The number of nitrogens with two attached hydrogens (primary N) is 2. The molecule has 0 spiro atoms. The van der Waals surface area contributed by atoms with Crippen LogP contribution in [-0.2, 0) is 9.53 Å². The molecule has 7 nitrogen and oxygen atoms in total. The molecule has 1 heterocycles. The Morgan fingerprint density at radius 2 is 2.03 bits per heavy atom. The number of alkyl halides is 3. The van der Waals surface area contributed by atoms with Crippen molar-refractivity contribution in [2.45, 2.75) is 38.9 Å². The first-order chi connectivity index (χ1) is 13.5. The molecule has 1 unspecified atom stereocenters. The molecule has 29 heavy (non-hydrogen) atoms. The molecule has 160 valence electrons. The maximum absolute atomic E-state index is 12.2. The average Bonchev–Trinajstić information content (AvgIpc) is 3.46. The molecule has 1 aromatic rings. The summed E-state index contributed by atoms with van der Waals surface area (Å²) in [5, 5.41) is 6.03. The number of ether oxygens (including phenoxy) is 1. The Bertz CT molecular complexity index is 789. The second-order valence-electron chi connectivity index (χ2n) is 7.04. The predicted octanol–water partition coefficient (Wildman–Crippen LogP) is 2.61. The van der Waals surface area contributed by atoms with E-state index in [4.69, 9.17) is 11.5 Å². The van der Waals surface area contributed by atoms with E-state index < -0.39 is 24.6 Å². The summed E-state index contributed by atoms with van der Waals surface area (Å²) in [6.45, 7) is 3.01. The van der Waals surface area contributed by atoms with E-state index >= 15 is 0 Å². The summed E-state index contributed by atoms with van der Waals surface area (Å²) in [4.78, 5) is 16.7. The van der Waals surface area contributed by atoms with Gasteiger partial charge in [0.2, 0.25) is 0 Å². The minimum atomic E-state index is -4.50. The van der Waals surface area contributed by atoms with Gasteiger partial charge in [0.25, 0.3) is 5.91 Å². The molecule has 0 radical (unpaired) electrons. The molecule has 0 aromatic carbocycles. The van der Waals surface area contributed by atoms with Crippen molar-refractivity contribution in [2.75, 3.05) is 18.5 Å². The number of allylic oxidation sites excluding steroid dienone is 2. The fourth-order valence-corrected chi connectivity index (χ4v) is 2.43. The van der Waals surface area contributed by atoms with Crippen LogP contribution in [0.5, 0.6) is 0 Å². The molecule has 1 aliphatic carbocycles. The lowest BCUT2D eigenvalue weighted by atomic mass is 10.1. The Hall–Kier alpha value is -2.91. The SMILES string of the molecule is Cc1cc(C(C)NC(=O)/C(N)=C/C=C(\N)OCC(F)(F)F)cc(NCC2CC2)n1. The summed E-state index contributed by atoms with van der Waals surface area (Å²) in [5.74, 6) is 0.360. The molecule has 1 atom stereocenters. The van der Waals surface area contributed by atoms with E-state index in [1.807, 2.05) is 19.1 Å².